The van der Waals surface area contributed by atoms with Gasteiger partial charge in [0.05, 0.1) is 0 Å². The van der Waals surface area contributed by atoms with Crippen LogP contribution in [0.15, 0.2) is 23.8 Å². The molecule has 0 radical (unpaired) electrons. The molecule has 2 heteroatoms. The summed E-state index contributed by atoms with van der Waals surface area (Å²) in [6.07, 6.45) is 7.11. The predicted molar refractivity (Wildman–Crippen MR) is 47.0 cm³/mol. The highest BCUT2D eigenvalue weighted by molar-refractivity contribution is 5.74. The number of carbonyl (C=O) groups excluding carboxylic acids is 1. The second-order valence-corrected chi connectivity index (χ2v) is 2.33. The van der Waals surface area contributed by atoms with Gasteiger partial charge in [0.25, 0.3) is 0 Å². The Kier molecular flexibility index (Phi) is 5.17. The first-order valence-electron chi connectivity index (χ1n) is 3.77. The van der Waals surface area contributed by atoms with E-state index in [1.165, 1.54) is 0 Å². The van der Waals surface area contributed by atoms with Crippen LogP contribution in [-0.2, 0) is 4.79 Å². The van der Waals surface area contributed by atoms with Crippen LogP contribution >= 0.6 is 0 Å². The number of hydrogen-bond acceptors (Lipinski definition) is 1. The minimum atomic E-state index is -0.242. The first-order valence-corrected chi connectivity index (χ1v) is 3.77. The van der Waals surface area contributed by atoms with Gasteiger partial charge in [0.2, 0.25) is 5.91 Å². The molecule has 0 spiro atoms. The van der Waals surface area contributed by atoms with Gasteiger partial charge in [-0.1, -0.05) is 23.8 Å². The zero-order valence-corrected chi connectivity index (χ0v) is 7.13. The fourth-order valence-electron chi connectivity index (χ4n) is 0.806. The van der Waals surface area contributed by atoms with Crippen molar-refractivity contribution in [1.82, 2.24) is 0 Å². The van der Waals surface area contributed by atoms with Gasteiger partial charge in [-0.15, -0.1) is 0 Å². The maximum absolute atomic E-state index is 10.4. The quantitative estimate of drug-likeness (QED) is 0.614. The van der Waals surface area contributed by atoms with E-state index in [0.29, 0.717) is 6.42 Å². The van der Waals surface area contributed by atoms with Gasteiger partial charge in [-0.2, -0.15) is 0 Å². The summed E-state index contributed by atoms with van der Waals surface area (Å²) in [6, 6.07) is 0. The summed E-state index contributed by atoms with van der Waals surface area (Å²) >= 11 is 0. The summed E-state index contributed by atoms with van der Waals surface area (Å²) in [5.74, 6) is -0.242. The molecule has 0 bridgehead atoms. The van der Waals surface area contributed by atoms with Crippen LogP contribution < -0.4 is 5.73 Å². The Morgan fingerprint density at radius 1 is 1.36 bits per heavy atom. The molecule has 0 aromatic heterocycles. The van der Waals surface area contributed by atoms with E-state index in [1.807, 2.05) is 32.1 Å². The summed E-state index contributed by atoms with van der Waals surface area (Å²) in [4.78, 5) is 10.4. The van der Waals surface area contributed by atoms with Crippen molar-refractivity contribution in [3.05, 3.63) is 23.8 Å². The zero-order chi connectivity index (χ0) is 8.69. The summed E-state index contributed by atoms with van der Waals surface area (Å²) in [6.45, 7) is 3.91. The Morgan fingerprint density at radius 3 is 2.36 bits per heavy atom. The molecule has 0 aromatic rings. The molecule has 2 N–H and O–H groups in total. The second-order valence-electron chi connectivity index (χ2n) is 2.33. The molecule has 2 nitrogen and oxygen atoms in total. The number of amides is 1. The molecule has 0 aliphatic carbocycles. The number of carbonyl (C=O) groups is 1. The Bertz CT molecular complexity index is 180. The van der Waals surface area contributed by atoms with E-state index in [1.54, 1.807) is 0 Å². The molecule has 0 aliphatic rings. The van der Waals surface area contributed by atoms with Crippen molar-refractivity contribution in [1.29, 1.82) is 0 Å². The minimum absolute atomic E-state index is 0.242. The molecule has 0 heterocycles. The highest BCUT2D eigenvalue weighted by Crippen LogP contribution is 2.05. The number of hydrogen-bond donors (Lipinski definition) is 1. The Morgan fingerprint density at radius 2 is 2.00 bits per heavy atom. The van der Waals surface area contributed by atoms with Crippen molar-refractivity contribution in [3.8, 4) is 0 Å². The van der Waals surface area contributed by atoms with Crippen LogP contribution in [0.3, 0.4) is 0 Å². The maximum atomic E-state index is 10.4. The van der Waals surface area contributed by atoms with E-state index >= 15 is 0 Å². The Hall–Kier alpha value is -1.05. The van der Waals surface area contributed by atoms with Crippen LogP contribution in [0.25, 0.3) is 0 Å². The van der Waals surface area contributed by atoms with Gasteiger partial charge in [-0.3, -0.25) is 4.79 Å². The topological polar surface area (TPSA) is 43.1 Å². The van der Waals surface area contributed by atoms with Crippen molar-refractivity contribution < 1.29 is 4.79 Å². The van der Waals surface area contributed by atoms with E-state index in [0.717, 1.165) is 12.0 Å². The number of allylic oxidation sites excluding steroid dienone is 4. The predicted octanol–water partition coefficient (Wildman–Crippen LogP) is 1.77. The zero-order valence-electron chi connectivity index (χ0n) is 7.13. The summed E-state index contributed by atoms with van der Waals surface area (Å²) in [5, 5.41) is 0. The molecule has 0 atom stereocenters. The van der Waals surface area contributed by atoms with Gasteiger partial charge >= 0.3 is 0 Å². The smallest absolute Gasteiger partial charge is 0.217 e. The average molecular weight is 153 g/mol. The molecule has 0 fully saturated rings. The minimum Gasteiger partial charge on any atom is -0.370 e. The number of primary amides is 1. The van der Waals surface area contributed by atoms with Gasteiger partial charge in [0.15, 0.2) is 0 Å². The molecular weight excluding hydrogens is 138 g/mol. The van der Waals surface area contributed by atoms with Crippen molar-refractivity contribution >= 4 is 5.91 Å². The first kappa shape index (κ1) is 9.95. The molecule has 11 heavy (non-hydrogen) atoms. The molecule has 0 saturated carbocycles. The van der Waals surface area contributed by atoms with E-state index in [9.17, 15) is 4.79 Å². The van der Waals surface area contributed by atoms with Gasteiger partial charge in [0, 0.05) is 6.42 Å². The maximum Gasteiger partial charge on any atom is 0.217 e. The van der Waals surface area contributed by atoms with Crippen LogP contribution in [0, 0.1) is 0 Å². The highest BCUT2D eigenvalue weighted by atomic mass is 16.1. The lowest BCUT2D eigenvalue weighted by atomic mass is 10.1. The van der Waals surface area contributed by atoms with E-state index in [4.69, 9.17) is 5.73 Å². The first-order chi connectivity index (χ1) is 5.20. The third-order valence-electron chi connectivity index (χ3n) is 1.41. The fraction of sp³-hybridized carbons (Fsp3) is 0.444. The molecule has 0 unspecified atom stereocenters. The molecular formula is C9H15NO. The van der Waals surface area contributed by atoms with Crippen molar-refractivity contribution in [2.75, 3.05) is 0 Å². The van der Waals surface area contributed by atoms with Crippen molar-refractivity contribution in [3.63, 3.8) is 0 Å². The molecule has 62 valence electrons. The van der Waals surface area contributed by atoms with E-state index < -0.39 is 0 Å². The van der Waals surface area contributed by atoms with Gasteiger partial charge < -0.3 is 5.73 Å². The standard InChI is InChI=1S/C9H15NO/c1-3-5-8(4-2)6-7-9(10)11/h3-5H,6-7H2,1-2H3,(H2,10,11)/b5-3-,8-4+. The normalized spacial score (nSPS) is 12.4. The average Bonchev–Trinajstić information content (AvgIpc) is 1.97. The number of nitrogens with two attached hydrogens (primary N) is 1. The third kappa shape index (κ3) is 5.40. The van der Waals surface area contributed by atoms with Gasteiger partial charge in [0.1, 0.15) is 0 Å². The van der Waals surface area contributed by atoms with E-state index in [-0.39, 0.29) is 5.91 Å². The van der Waals surface area contributed by atoms with Crippen molar-refractivity contribution in [2.45, 2.75) is 26.7 Å². The molecule has 0 aliphatic heterocycles. The lowest BCUT2D eigenvalue weighted by molar-refractivity contribution is -0.117. The lowest BCUT2D eigenvalue weighted by Gasteiger charge is -1.97. The largest absolute Gasteiger partial charge is 0.370 e. The number of rotatable bonds is 4. The summed E-state index contributed by atoms with van der Waals surface area (Å²) in [7, 11) is 0. The Balaban J connectivity index is 3.81. The van der Waals surface area contributed by atoms with E-state index in [2.05, 4.69) is 0 Å². The Labute approximate surface area is 67.8 Å². The molecule has 1 amide bonds. The van der Waals surface area contributed by atoms with Crippen LogP contribution in [0.1, 0.15) is 26.7 Å². The molecule has 0 saturated heterocycles. The summed E-state index contributed by atoms with van der Waals surface area (Å²) in [5.41, 5.74) is 6.16. The SMILES string of the molecule is C/C=C\C(=C/C)CCC(N)=O. The molecule has 0 rings (SSSR count). The van der Waals surface area contributed by atoms with Crippen LogP contribution in [0.4, 0.5) is 0 Å². The van der Waals surface area contributed by atoms with Crippen molar-refractivity contribution in [2.24, 2.45) is 5.73 Å². The van der Waals surface area contributed by atoms with Crippen LogP contribution in [0.2, 0.25) is 0 Å². The van der Waals surface area contributed by atoms with Crippen LogP contribution in [-0.4, -0.2) is 5.91 Å². The monoisotopic (exact) mass is 153 g/mol. The summed E-state index contributed by atoms with van der Waals surface area (Å²) < 4.78 is 0. The molecule has 0 aromatic carbocycles. The second kappa shape index (κ2) is 5.71. The third-order valence-corrected chi connectivity index (χ3v) is 1.41. The fourth-order valence-corrected chi connectivity index (χ4v) is 0.806. The highest BCUT2D eigenvalue weighted by Gasteiger charge is 1.95. The van der Waals surface area contributed by atoms with Crippen LogP contribution in [0.5, 0.6) is 0 Å². The lowest BCUT2D eigenvalue weighted by Crippen LogP contribution is -2.09. The van der Waals surface area contributed by atoms with Gasteiger partial charge in [-0.25, -0.2) is 0 Å². The van der Waals surface area contributed by atoms with Gasteiger partial charge in [-0.05, 0) is 20.3 Å².